The van der Waals surface area contributed by atoms with Crippen LogP contribution in [0.1, 0.15) is 51.3 Å². The van der Waals surface area contributed by atoms with Crippen LogP contribution in [0.4, 0.5) is 0 Å². The number of rotatable bonds is 6. The van der Waals surface area contributed by atoms with Crippen molar-refractivity contribution in [3.05, 3.63) is 18.2 Å². The first-order valence-electron chi connectivity index (χ1n) is 8.82. The maximum absolute atomic E-state index is 4.49. The highest BCUT2D eigenvalue weighted by Gasteiger charge is 2.26. The molecule has 1 fully saturated rings. The lowest BCUT2D eigenvalue weighted by Crippen LogP contribution is -2.48. The van der Waals surface area contributed by atoms with E-state index < -0.39 is 0 Å². The number of hydrogen-bond acceptors (Lipinski definition) is 3. The van der Waals surface area contributed by atoms with Crippen LogP contribution in [0.3, 0.4) is 0 Å². The number of imidazole rings is 1. The van der Waals surface area contributed by atoms with Crippen LogP contribution in [0, 0.1) is 5.92 Å². The van der Waals surface area contributed by atoms with Crippen molar-refractivity contribution in [3.8, 4) is 0 Å². The summed E-state index contributed by atoms with van der Waals surface area (Å²) in [7, 11) is 0. The lowest BCUT2D eigenvalue weighted by molar-refractivity contribution is 0.155. The number of nitrogens with one attached hydrogen (secondary N) is 1. The zero-order valence-electron chi connectivity index (χ0n) is 13.4. The van der Waals surface area contributed by atoms with Gasteiger partial charge in [-0.25, -0.2) is 4.98 Å². The average molecular weight is 290 g/mol. The van der Waals surface area contributed by atoms with Crippen molar-refractivity contribution in [2.24, 2.45) is 5.92 Å². The summed E-state index contributed by atoms with van der Waals surface area (Å²) in [6, 6.07) is 0.673. The third-order valence-electron chi connectivity index (χ3n) is 5.15. The Morgan fingerprint density at radius 1 is 1.29 bits per heavy atom. The van der Waals surface area contributed by atoms with Crippen molar-refractivity contribution in [3.63, 3.8) is 0 Å². The molecule has 1 N–H and O–H groups in total. The number of hydrogen-bond donors (Lipinski definition) is 1. The highest BCUT2D eigenvalue weighted by atomic mass is 15.2. The molecule has 1 aromatic rings. The van der Waals surface area contributed by atoms with Gasteiger partial charge < -0.3 is 9.88 Å². The molecule has 0 spiro atoms. The summed E-state index contributed by atoms with van der Waals surface area (Å²) in [6.45, 7) is 7.90. The minimum absolute atomic E-state index is 0.673. The third kappa shape index (κ3) is 3.86. The lowest BCUT2D eigenvalue weighted by Gasteiger charge is -2.36. The molecule has 0 amide bonds. The smallest absolute Gasteiger partial charge is 0.122 e. The van der Waals surface area contributed by atoms with Crippen molar-refractivity contribution in [2.45, 2.75) is 64.6 Å². The molecule has 4 nitrogen and oxygen atoms in total. The third-order valence-corrected chi connectivity index (χ3v) is 5.15. The van der Waals surface area contributed by atoms with Crippen LogP contribution >= 0.6 is 0 Å². The molecule has 1 atom stereocenters. The Labute approximate surface area is 128 Å². The van der Waals surface area contributed by atoms with E-state index in [1.165, 1.54) is 57.4 Å². The van der Waals surface area contributed by atoms with Crippen LogP contribution in [0.2, 0.25) is 0 Å². The second-order valence-corrected chi connectivity index (χ2v) is 6.73. The molecule has 1 aliphatic carbocycles. The second kappa shape index (κ2) is 7.41. The Balaban J connectivity index is 1.58. The molecular formula is C17H30N4. The van der Waals surface area contributed by atoms with Gasteiger partial charge in [0.25, 0.3) is 0 Å². The first-order valence-corrected chi connectivity index (χ1v) is 8.82. The van der Waals surface area contributed by atoms with Crippen molar-refractivity contribution < 1.29 is 0 Å². The van der Waals surface area contributed by atoms with Gasteiger partial charge in [-0.15, -0.1) is 0 Å². The van der Waals surface area contributed by atoms with Gasteiger partial charge in [-0.05, 0) is 31.7 Å². The van der Waals surface area contributed by atoms with Crippen LogP contribution < -0.4 is 5.32 Å². The summed E-state index contributed by atoms with van der Waals surface area (Å²) < 4.78 is 2.30. The molecule has 1 aliphatic heterocycles. The quantitative estimate of drug-likeness (QED) is 0.874. The normalized spacial score (nSPS) is 22.1. The fraction of sp³-hybridized carbons (Fsp3) is 0.824. The van der Waals surface area contributed by atoms with E-state index in [-0.39, 0.29) is 0 Å². The van der Waals surface area contributed by atoms with Crippen molar-refractivity contribution in [1.82, 2.24) is 19.8 Å². The summed E-state index contributed by atoms with van der Waals surface area (Å²) in [4.78, 5) is 7.09. The summed E-state index contributed by atoms with van der Waals surface area (Å²) in [5.74, 6) is 2.12. The molecule has 2 aliphatic rings. The largest absolute Gasteiger partial charge is 0.333 e. The van der Waals surface area contributed by atoms with E-state index in [0.717, 1.165) is 25.6 Å². The SMILES string of the molecule is CCCNC(CN1CCn2ccnc2C1)C1CCCCC1. The maximum Gasteiger partial charge on any atom is 0.122 e. The number of nitrogens with zero attached hydrogens (tertiary/aromatic N) is 3. The highest BCUT2D eigenvalue weighted by Crippen LogP contribution is 2.27. The van der Waals surface area contributed by atoms with Gasteiger partial charge in [0.15, 0.2) is 0 Å². The Morgan fingerprint density at radius 3 is 2.95 bits per heavy atom. The zero-order chi connectivity index (χ0) is 14.5. The van der Waals surface area contributed by atoms with Gasteiger partial charge in [0.05, 0.1) is 6.54 Å². The van der Waals surface area contributed by atoms with Gasteiger partial charge >= 0.3 is 0 Å². The van der Waals surface area contributed by atoms with Gasteiger partial charge in [-0.2, -0.15) is 0 Å². The average Bonchev–Trinajstić information content (AvgIpc) is 3.00. The van der Waals surface area contributed by atoms with Crippen LogP contribution in [0.5, 0.6) is 0 Å². The van der Waals surface area contributed by atoms with E-state index >= 15 is 0 Å². The molecule has 0 radical (unpaired) electrons. The second-order valence-electron chi connectivity index (χ2n) is 6.73. The molecule has 1 unspecified atom stereocenters. The van der Waals surface area contributed by atoms with Gasteiger partial charge in [-0.1, -0.05) is 26.2 Å². The molecular weight excluding hydrogens is 260 g/mol. The van der Waals surface area contributed by atoms with Crippen LogP contribution in [0.25, 0.3) is 0 Å². The predicted molar refractivity (Wildman–Crippen MR) is 86.2 cm³/mol. The van der Waals surface area contributed by atoms with E-state index in [9.17, 15) is 0 Å². The minimum atomic E-state index is 0.673. The molecule has 21 heavy (non-hydrogen) atoms. The molecule has 2 heterocycles. The van der Waals surface area contributed by atoms with E-state index in [0.29, 0.717) is 6.04 Å². The molecule has 4 heteroatoms. The molecule has 3 rings (SSSR count). The topological polar surface area (TPSA) is 33.1 Å². The van der Waals surface area contributed by atoms with E-state index in [4.69, 9.17) is 0 Å². The highest BCUT2D eigenvalue weighted by molar-refractivity contribution is 4.96. The Kier molecular flexibility index (Phi) is 5.31. The Hall–Kier alpha value is -0.870. The van der Waals surface area contributed by atoms with Gasteiger partial charge in [0, 0.05) is 38.1 Å². The minimum Gasteiger partial charge on any atom is -0.333 e. The number of fused-ring (bicyclic) bond motifs is 1. The summed E-state index contributed by atoms with van der Waals surface area (Å²) in [6.07, 6.45) is 12.4. The molecule has 0 saturated heterocycles. The maximum atomic E-state index is 4.49. The van der Waals surface area contributed by atoms with Crippen LogP contribution in [0.15, 0.2) is 12.4 Å². The number of aromatic nitrogens is 2. The summed E-state index contributed by atoms with van der Waals surface area (Å²) in [5.41, 5.74) is 0. The Bertz CT molecular complexity index is 422. The molecule has 0 bridgehead atoms. The van der Waals surface area contributed by atoms with Gasteiger partial charge in [0.1, 0.15) is 5.82 Å². The molecule has 0 aromatic carbocycles. The molecule has 1 saturated carbocycles. The lowest BCUT2D eigenvalue weighted by atomic mass is 9.83. The van der Waals surface area contributed by atoms with Crippen molar-refractivity contribution >= 4 is 0 Å². The fourth-order valence-corrected chi connectivity index (χ4v) is 3.90. The first kappa shape index (κ1) is 15.0. The zero-order valence-corrected chi connectivity index (χ0v) is 13.4. The predicted octanol–water partition coefficient (Wildman–Crippen LogP) is 2.65. The summed E-state index contributed by atoms with van der Waals surface area (Å²) in [5, 5.41) is 3.84. The monoisotopic (exact) mass is 290 g/mol. The van der Waals surface area contributed by atoms with Crippen LogP contribution in [-0.4, -0.2) is 40.1 Å². The van der Waals surface area contributed by atoms with E-state index in [2.05, 4.69) is 32.9 Å². The van der Waals surface area contributed by atoms with Gasteiger partial charge in [-0.3, -0.25) is 4.90 Å². The standard InChI is InChI=1S/C17H30N4/c1-2-8-18-16(15-6-4-3-5-7-15)13-20-11-12-21-10-9-19-17(21)14-20/h9-10,15-16,18H,2-8,11-14H2,1H3. The van der Waals surface area contributed by atoms with Crippen LogP contribution in [-0.2, 0) is 13.1 Å². The van der Waals surface area contributed by atoms with Crippen molar-refractivity contribution in [1.29, 1.82) is 0 Å². The summed E-state index contributed by atoms with van der Waals surface area (Å²) >= 11 is 0. The fourth-order valence-electron chi connectivity index (χ4n) is 3.90. The van der Waals surface area contributed by atoms with E-state index in [1.807, 2.05) is 6.20 Å². The first-order chi connectivity index (χ1) is 10.4. The van der Waals surface area contributed by atoms with Crippen molar-refractivity contribution in [2.75, 3.05) is 19.6 Å². The van der Waals surface area contributed by atoms with Gasteiger partial charge in [0.2, 0.25) is 0 Å². The Morgan fingerprint density at radius 2 is 2.14 bits per heavy atom. The van der Waals surface area contributed by atoms with E-state index in [1.54, 1.807) is 0 Å². The molecule has 1 aromatic heterocycles. The molecule has 118 valence electrons.